The topological polar surface area (TPSA) is 61.0 Å². The van der Waals surface area contributed by atoms with E-state index in [2.05, 4.69) is 5.10 Å². The third-order valence-electron chi connectivity index (χ3n) is 3.12. The molecule has 1 heterocycles. The quantitative estimate of drug-likeness (QED) is 0.467. The number of allylic oxidation sites excluding steroid dienone is 2. The lowest BCUT2D eigenvalue weighted by molar-refractivity contribution is -0.386. The van der Waals surface area contributed by atoms with Crippen LogP contribution in [0.25, 0.3) is 0 Å². The van der Waals surface area contributed by atoms with Gasteiger partial charge in [0.25, 0.3) is 0 Å². The van der Waals surface area contributed by atoms with E-state index < -0.39 is 10.6 Å². The summed E-state index contributed by atoms with van der Waals surface area (Å²) in [6.07, 6.45) is 6.69. The van der Waals surface area contributed by atoms with Gasteiger partial charge in [0, 0.05) is 7.05 Å². The number of nitro groups is 1. The summed E-state index contributed by atoms with van der Waals surface area (Å²) in [7, 11) is 1.54. The molecular formula is C13H20FN3O2. The van der Waals surface area contributed by atoms with Gasteiger partial charge in [0.05, 0.1) is 4.92 Å². The fourth-order valence-corrected chi connectivity index (χ4v) is 2.30. The van der Waals surface area contributed by atoms with Crippen LogP contribution >= 0.6 is 0 Å². The average Bonchev–Trinajstić information content (AvgIpc) is 2.66. The fraction of sp³-hybridized carbons (Fsp3) is 0.615. The van der Waals surface area contributed by atoms with E-state index >= 15 is 0 Å². The molecule has 0 atom stereocenters. The molecule has 1 aromatic rings. The van der Waals surface area contributed by atoms with Gasteiger partial charge >= 0.3 is 5.69 Å². The zero-order valence-corrected chi connectivity index (χ0v) is 11.6. The molecule has 0 amide bonds. The number of rotatable bonds is 2. The first-order chi connectivity index (χ1) is 9.04. The van der Waals surface area contributed by atoms with Crippen molar-refractivity contribution in [1.82, 2.24) is 9.78 Å². The van der Waals surface area contributed by atoms with Crippen LogP contribution in [0.1, 0.15) is 45.2 Å². The van der Waals surface area contributed by atoms with E-state index in [1.807, 2.05) is 26.0 Å². The van der Waals surface area contributed by atoms with Crippen molar-refractivity contribution in [1.29, 1.82) is 0 Å². The molecule has 0 saturated heterocycles. The van der Waals surface area contributed by atoms with E-state index in [9.17, 15) is 14.5 Å². The van der Waals surface area contributed by atoms with Gasteiger partial charge in [-0.15, -0.1) is 0 Å². The number of hydrogen-bond acceptors (Lipinski definition) is 3. The van der Waals surface area contributed by atoms with Crippen LogP contribution in [0.15, 0.2) is 18.3 Å². The maximum absolute atomic E-state index is 14.9. The van der Waals surface area contributed by atoms with E-state index in [0.717, 1.165) is 6.20 Å². The Morgan fingerprint density at radius 3 is 2.37 bits per heavy atom. The highest BCUT2D eigenvalue weighted by atomic mass is 19.1. The maximum Gasteiger partial charge on any atom is 0.313 e. The Balaban J connectivity index is 0.000000861. The predicted octanol–water partition coefficient (Wildman–Crippen LogP) is 3.65. The largest absolute Gasteiger partial charge is 0.313 e. The van der Waals surface area contributed by atoms with E-state index in [1.54, 1.807) is 7.05 Å². The fourth-order valence-electron chi connectivity index (χ4n) is 2.30. The monoisotopic (exact) mass is 269 g/mol. The summed E-state index contributed by atoms with van der Waals surface area (Å²) in [5.74, 6) is 0. The summed E-state index contributed by atoms with van der Waals surface area (Å²) in [5.41, 5.74) is -1.79. The molecule has 0 saturated carbocycles. The molecule has 0 spiro atoms. The molecule has 0 fully saturated rings. The lowest BCUT2D eigenvalue weighted by Gasteiger charge is -2.22. The summed E-state index contributed by atoms with van der Waals surface area (Å²) >= 11 is 0. The molecule has 0 N–H and O–H groups in total. The van der Waals surface area contributed by atoms with E-state index in [4.69, 9.17) is 0 Å². The van der Waals surface area contributed by atoms with Crippen LogP contribution in [0.3, 0.4) is 0 Å². The van der Waals surface area contributed by atoms with Crippen molar-refractivity contribution in [3.05, 3.63) is 34.2 Å². The van der Waals surface area contributed by atoms with Crippen LogP contribution in [0.4, 0.5) is 10.1 Å². The molecule has 1 aliphatic rings. The minimum absolute atomic E-state index is 0.0891. The average molecular weight is 269 g/mol. The Hall–Kier alpha value is -1.72. The standard InChI is InChI=1S/C11H14FN3O2.C2H6/c1-14-10(9(8-13-14)15(16)17)11(12)6-4-2-3-5-7-11;1-2/h2-3,8H,4-7H2,1H3;1-2H3. The van der Waals surface area contributed by atoms with Crippen LogP contribution in [-0.2, 0) is 12.7 Å². The summed E-state index contributed by atoms with van der Waals surface area (Å²) < 4.78 is 16.2. The first-order valence-electron chi connectivity index (χ1n) is 6.55. The van der Waals surface area contributed by atoms with Gasteiger partial charge in [-0.25, -0.2) is 4.39 Å². The number of alkyl halides is 1. The van der Waals surface area contributed by atoms with Gasteiger partial charge in [-0.05, 0) is 25.7 Å². The lowest BCUT2D eigenvalue weighted by atomic mass is 9.91. The zero-order valence-electron chi connectivity index (χ0n) is 11.6. The van der Waals surface area contributed by atoms with Crippen molar-refractivity contribution in [2.75, 3.05) is 0 Å². The molecule has 1 aromatic heterocycles. The molecule has 0 unspecified atom stereocenters. The highest BCUT2D eigenvalue weighted by molar-refractivity contribution is 5.38. The smallest absolute Gasteiger partial charge is 0.262 e. The molecule has 1 aliphatic carbocycles. The van der Waals surface area contributed by atoms with Crippen LogP contribution in [0, 0.1) is 10.1 Å². The molecule has 0 aromatic carbocycles. The van der Waals surface area contributed by atoms with Crippen LogP contribution < -0.4 is 0 Å². The number of nitrogens with zero attached hydrogens (tertiary/aromatic N) is 3. The van der Waals surface area contributed by atoms with Gasteiger partial charge in [0.15, 0.2) is 11.4 Å². The Kier molecular flexibility index (Phi) is 5.20. The van der Waals surface area contributed by atoms with Crippen molar-refractivity contribution >= 4 is 5.69 Å². The van der Waals surface area contributed by atoms with Gasteiger partial charge in [-0.1, -0.05) is 26.0 Å². The maximum atomic E-state index is 14.9. The van der Waals surface area contributed by atoms with Crippen molar-refractivity contribution in [3.8, 4) is 0 Å². The second-order valence-corrected chi connectivity index (χ2v) is 4.27. The van der Waals surface area contributed by atoms with Crippen LogP contribution in [0.2, 0.25) is 0 Å². The van der Waals surface area contributed by atoms with Gasteiger partial charge < -0.3 is 0 Å². The van der Waals surface area contributed by atoms with Gasteiger partial charge in [0.1, 0.15) is 6.20 Å². The normalized spacial score (nSPS) is 17.3. The van der Waals surface area contributed by atoms with Crippen LogP contribution in [-0.4, -0.2) is 14.7 Å². The first-order valence-corrected chi connectivity index (χ1v) is 6.55. The lowest BCUT2D eigenvalue weighted by Crippen LogP contribution is -2.24. The Morgan fingerprint density at radius 1 is 1.37 bits per heavy atom. The molecule has 2 rings (SSSR count). The molecule has 0 aliphatic heterocycles. The van der Waals surface area contributed by atoms with Crippen molar-refractivity contribution < 1.29 is 9.31 Å². The minimum Gasteiger partial charge on any atom is -0.262 e. The number of aryl methyl sites for hydroxylation is 1. The third-order valence-corrected chi connectivity index (χ3v) is 3.12. The second-order valence-electron chi connectivity index (χ2n) is 4.27. The summed E-state index contributed by atoms with van der Waals surface area (Å²) in [4.78, 5) is 10.3. The molecule has 0 radical (unpaired) electrons. The second kappa shape index (κ2) is 6.45. The van der Waals surface area contributed by atoms with Gasteiger partial charge in [0.2, 0.25) is 0 Å². The van der Waals surface area contributed by atoms with E-state index in [0.29, 0.717) is 12.8 Å². The number of halogens is 1. The summed E-state index contributed by atoms with van der Waals surface area (Å²) in [6, 6.07) is 0. The number of hydrogen-bond donors (Lipinski definition) is 0. The summed E-state index contributed by atoms with van der Waals surface area (Å²) in [5, 5.41) is 14.7. The number of aromatic nitrogens is 2. The molecule has 5 nitrogen and oxygen atoms in total. The van der Waals surface area contributed by atoms with Gasteiger partial charge in [-0.2, -0.15) is 5.10 Å². The van der Waals surface area contributed by atoms with E-state index in [-0.39, 0.29) is 24.2 Å². The van der Waals surface area contributed by atoms with Crippen molar-refractivity contribution in [2.45, 2.75) is 45.2 Å². The third kappa shape index (κ3) is 3.19. The van der Waals surface area contributed by atoms with Gasteiger partial charge in [-0.3, -0.25) is 14.8 Å². The Labute approximate surface area is 112 Å². The highest BCUT2D eigenvalue weighted by Gasteiger charge is 2.40. The highest BCUT2D eigenvalue weighted by Crippen LogP contribution is 2.41. The predicted molar refractivity (Wildman–Crippen MR) is 71.6 cm³/mol. The SMILES string of the molecule is CC.Cn1ncc([N+](=O)[O-])c1C1(F)CCC=CCC1. The molecule has 6 heteroatoms. The minimum atomic E-state index is -1.66. The Morgan fingerprint density at radius 2 is 1.89 bits per heavy atom. The molecular weight excluding hydrogens is 249 g/mol. The molecule has 0 bridgehead atoms. The first kappa shape index (κ1) is 15.3. The zero-order chi connectivity index (χ0) is 14.5. The summed E-state index contributed by atoms with van der Waals surface area (Å²) in [6.45, 7) is 4.00. The van der Waals surface area contributed by atoms with Crippen molar-refractivity contribution in [3.63, 3.8) is 0 Å². The van der Waals surface area contributed by atoms with Crippen LogP contribution in [0.5, 0.6) is 0 Å². The molecule has 19 heavy (non-hydrogen) atoms. The Bertz CT molecular complexity index is 458. The molecule has 106 valence electrons. The van der Waals surface area contributed by atoms with Crippen molar-refractivity contribution in [2.24, 2.45) is 7.05 Å². The van der Waals surface area contributed by atoms with E-state index in [1.165, 1.54) is 4.68 Å².